The Labute approximate surface area is 122 Å². The number of rotatable bonds is 6. The van der Waals surface area contributed by atoms with Crippen molar-refractivity contribution in [1.82, 2.24) is 9.97 Å². The Hall–Kier alpha value is -1.04. The van der Waals surface area contributed by atoms with Crippen LogP contribution in [0.3, 0.4) is 0 Å². The van der Waals surface area contributed by atoms with E-state index in [1.165, 1.54) is 0 Å². The summed E-state index contributed by atoms with van der Waals surface area (Å²) in [5.41, 5.74) is -1.01. The maximum Gasteiger partial charge on any atom is 0.433 e. The molecule has 20 heavy (non-hydrogen) atoms. The van der Waals surface area contributed by atoms with Crippen LogP contribution in [0, 0.1) is 0 Å². The van der Waals surface area contributed by atoms with Gasteiger partial charge in [0.2, 0.25) is 5.28 Å². The molecule has 7 heteroatoms. The van der Waals surface area contributed by atoms with Crippen LogP contribution in [0.5, 0.6) is 0 Å². The van der Waals surface area contributed by atoms with E-state index in [0.717, 1.165) is 25.3 Å². The zero-order valence-electron chi connectivity index (χ0n) is 11.8. The monoisotopic (exact) mass is 309 g/mol. The molecular formula is C13H19ClF3N3. The summed E-state index contributed by atoms with van der Waals surface area (Å²) in [6.45, 7) is 6.55. The molecule has 114 valence electrons. The minimum atomic E-state index is -4.52. The van der Waals surface area contributed by atoms with Crippen LogP contribution in [-0.4, -0.2) is 22.6 Å². The number of halogens is 4. The molecule has 0 atom stereocenters. The van der Waals surface area contributed by atoms with E-state index in [1.807, 2.05) is 18.7 Å². The zero-order chi connectivity index (χ0) is 15.3. The van der Waals surface area contributed by atoms with Crippen LogP contribution in [0.4, 0.5) is 19.0 Å². The number of alkyl halides is 3. The third-order valence-electron chi connectivity index (χ3n) is 2.90. The Morgan fingerprint density at radius 2 is 1.90 bits per heavy atom. The molecule has 0 aliphatic heterocycles. The lowest BCUT2D eigenvalue weighted by atomic mass is 10.2. The quantitative estimate of drug-likeness (QED) is 0.570. The van der Waals surface area contributed by atoms with E-state index in [9.17, 15) is 13.2 Å². The first-order valence-corrected chi connectivity index (χ1v) is 7.02. The van der Waals surface area contributed by atoms with Gasteiger partial charge in [-0.2, -0.15) is 13.2 Å². The Balaban J connectivity index is 3.04. The van der Waals surface area contributed by atoms with Crippen molar-refractivity contribution in [2.45, 2.75) is 52.3 Å². The molecule has 0 saturated carbocycles. The fourth-order valence-corrected chi connectivity index (χ4v) is 2.05. The fraction of sp³-hybridized carbons (Fsp3) is 0.692. The summed E-state index contributed by atoms with van der Waals surface area (Å²) < 4.78 is 38.3. The summed E-state index contributed by atoms with van der Waals surface area (Å²) in [5.74, 6) is 0.225. The molecule has 0 aromatic carbocycles. The molecule has 1 aromatic heterocycles. The van der Waals surface area contributed by atoms with Gasteiger partial charge in [0.05, 0.1) is 0 Å². The van der Waals surface area contributed by atoms with Gasteiger partial charge in [-0.1, -0.05) is 19.8 Å². The second-order valence-electron chi connectivity index (χ2n) is 4.87. The smallest absolute Gasteiger partial charge is 0.354 e. The van der Waals surface area contributed by atoms with E-state index in [2.05, 4.69) is 16.9 Å². The van der Waals surface area contributed by atoms with Crippen LogP contribution in [0.2, 0.25) is 5.28 Å². The first kappa shape index (κ1) is 17.0. The molecule has 0 N–H and O–H groups in total. The number of hydrogen-bond donors (Lipinski definition) is 0. The standard InChI is InChI=1S/C13H19ClF3N3/c1-4-5-6-7-20(9(2)3)11-8-10(13(15,16)17)18-12(14)19-11/h8-9H,4-7H2,1-3H3. The van der Waals surface area contributed by atoms with Crippen molar-refractivity contribution in [3.63, 3.8) is 0 Å². The van der Waals surface area contributed by atoms with E-state index < -0.39 is 11.9 Å². The molecule has 0 bridgehead atoms. The Morgan fingerprint density at radius 3 is 2.40 bits per heavy atom. The molecule has 0 unspecified atom stereocenters. The summed E-state index contributed by atoms with van der Waals surface area (Å²) >= 11 is 5.62. The Kier molecular flexibility index (Phi) is 6.05. The average molecular weight is 310 g/mol. The zero-order valence-corrected chi connectivity index (χ0v) is 12.6. The molecule has 1 rings (SSSR count). The van der Waals surface area contributed by atoms with Crippen LogP contribution in [-0.2, 0) is 6.18 Å². The molecule has 0 spiro atoms. The normalized spacial score (nSPS) is 12.0. The number of unbranched alkanes of at least 4 members (excludes halogenated alkanes) is 2. The van der Waals surface area contributed by atoms with E-state index in [-0.39, 0.29) is 17.1 Å². The van der Waals surface area contributed by atoms with Gasteiger partial charge in [0.1, 0.15) is 5.82 Å². The van der Waals surface area contributed by atoms with E-state index in [4.69, 9.17) is 11.6 Å². The van der Waals surface area contributed by atoms with Gasteiger partial charge >= 0.3 is 6.18 Å². The molecule has 0 radical (unpaired) electrons. The van der Waals surface area contributed by atoms with Gasteiger partial charge < -0.3 is 4.90 Å². The molecule has 0 amide bonds. The van der Waals surface area contributed by atoms with Gasteiger partial charge in [0.25, 0.3) is 0 Å². The highest BCUT2D eigenvalue weighted by Crippen LogP contribution is 2.31. The van der Waals surface area contributed by atoms with Gasteiger partial charge in [-0.3, -0.25) is 0 Å². The number of aromatic nitrogens is 2. The molecule has 0 aliphatic carbocycles. The topological polar surface area (TPSA) is 29.0 Å². The van der Waals surface area contributed by atoms with Crippen molar-refractivity contribution >= 4 is 17.4 Å². The minimum Gasteiger partial charge on any atom is -0.354 e. The lowest BCUT2D eigenvalue weighted by Crippen LogP contribution is -2.33. The summed E-state index contributed by atoms with van der Waals surface area (Å²) in [7, 11) is 0. The summed E-state index contributed by atoms with van der Waals surface area (Å²) in [6.07, 6.45) is -1.55. The first-order valence-electron chi connectivity index (χ1n) is 6.64. The summed E-state index contributed by atoms with van der Waals surface area (Å²) in [6, 6.07) is 0.997. The molecule has 0 aliphatic rings. The van der Waals surface area contributed by atoms with Gasteiger partial charge in [-0.05, 0) is 31.9 Å². The predicted molar refractivity (Wildman–Crippen MR) is 74.1 cm³/mol. The predicted octanol–water partition coefficient (Wildman–Crippen LogP) is 4.55. The van der Waals surface area contributed by atoms with Gasteiger partial charge in [-0.25, -0.2) is 9.97 Å². The third kappa shape index (κ3) is 4.81. The van der Waals surface area contributed by atoms with Crippen molar-refractivity contribution < 1.29 is 13.2 Å². The highest BCUT2D eigenvalue weighted by atomic mass is 35.5. The van der Waals surface area contributed by atoms with Crippen LogP contribution < -0.4 is 4.90 Å². The van der Waals surface area contributed by atoms with Crippen molar-refractivity contribution in [3.8, 4) is 0 Å². The van der Waals surface area contributed by atoms with Crippen LogP contribution >= 0.6 is 11.6 Å². The maximum atomic E-state index is 12.8. The van der Waals surface area contributed by atoms with Crippen molar-refractivity contribution in [1.29, 1.82) is 0 Å². The number of nitrogens with zero attached hydrogens (tertiary/aromatic N) is 3. The van der Waals surface area contributed by atoms with E-state index in [0.29, 0.717) is 6.54 Å². The molecule has 3 nitrogen and oxygen atoms in total. The molecular weight excluding hydrogens is 291 g/mol. The summed E-state index contributed by atoms with van der Waals surface area (Å²) in [4.78, 5) is 8.99. The fourth-order valence-electron chi connectivity index (χ4n) is 1.87. The van der Waals surface area contributed by atoms with Gasteiger partial charge in [-0.15, -0.1) is 0 Å². The second-order valence-corrected chi connectivity index (χ2v) is 5.21. The highest BCUT2D eigenvalue weighted by molar-refractivity contribution is 6.28. The molecule has 0 saturated heterocycles. The SMILES string of the molecule is CCCCCN(c1cc(C(F)(F)F)nc(Cl)n1)C(C)C. The maximum absolute atomic E-state index is 12.8. The van der Waals surface area contributed by atoms with Crippen LogP contribution in [0.25, 0.3) is 0 Å². The first-order chi connectivity index (χ1) is 9.25. The Morgan fingerprint density at radius 1 is 1.25 bits per heavy atom. The van der Waals surface area contributed by atoms with E-state index >= 15 is 0 Å². The lowest BCUT2D eigenvalue weighted by molar-refractivity contribution is -0.141. The summed E-state index contributed by atoms with van der Waals surface area (Å²) in [5, 5.41) is -0.379. The van der Waals surface area contributed by atoms with Crippen LogP contribution in [0.1, 0.15) is 45.7 Å². The Bertz CT molecular complexity index is 435. The van der Waals surface area contributed by atoms with Gasteiger partial charge in [0, 0.05) is 18.7 Å². The molecule has 1 heterocycles. The molecule has 0 fully saturated rings. The average Bonchev–Trinajstić information content (AvgIpc) is 2.32. The third-order valence-corrected chi connectivity index (χ3v) is 3.06. The second kappa shape index (κ2) is 7.11. The van der Waals surface area contributed by atoms with Crippen molar-refractivity contribution in [2.24, 2.45) is 0 Å². The highest BCUT2D eigenvalue weighted by Gasteiger charge is 2.34. The van der Waals surface area contributed by atoms with Crippen molar-refractivity contribution in [2.75, 3.05) is 11.4 Å². The number of hydrogen-bond acceptors (Lipinski definition) is 3. The van der Waals surface area contributed by atoms with Crippen LogP contribution in [0.15, 0.2) is 6.07 Å². The van der Waals surface area contributed by atoms with Gasteiger partial charge in [0.15, 0.2) is 5.69 Å². The van der Waals surface area contributed by atoms with Crippen molar-refractivity contribution in [3.05, 3.63) is 17.0 Å². The number of anilines is 1. The van der Waals surface area contributed by atoms with E-state index in [1.54, 1.807) is 0 Å². The molecule has 1 aromatic rings. The largest absolute Gasteiger partial charge is 0.433 e. The minimum absolute atomic E-state index is 0.0407. The lowest BCUT2D eigenvalue weighted by Gasteiger charge is -2.28.